The van der Waals surface area contributed by atoms with Crippen LogP contribution in [0.15, 0.2) is 16.6 Å². The minimum absolute atomic E-state index is 0.611. The van der Waals surface area contributed by atoms with E-state index in [1.165, 1.54) is 45.0 Å². The molecule has 1 fully saturated rings. The zero-order valence-corrected chi connectivity index (χ0v) is 12.5. The van der Waals surface area contributed by atoms with Crippen molar-refractivity contribution >= 4 is 26.8 Å². The Bertz CT molecular complexity index is 580. The predicted octanol–water partition coefficient (Wildman–Crippen LogP) is 4.01. The van der Waals surface area contributed by atoms with Crippen LogP contribution in [0.1, 0.15) is 35.6 Å². The number of rotatable bonds is 1. The van der Waals surface area contributed by atoms with Crippen LogP contribution in [-0.4, -0.2) is 18.1 Å². The topological polar surface area (TPSA) is 27.8 Å². The van der Waals surface area contributed by atoms with Gasteiger partial charge >= 0.3 is 0 Å². The molecule has 96 valence electrons. The molecule has 0 spiro atoms. The van der Waals surface area contributed by atoms with Gasteiger partial charge in [-0.3, -0.25) is 0 Å². The third-order valence-electron chi connectivity index (χ3n) is 4.17. The number of H-pyrrole nitrogens is 1. The number of benzene rings is 1. The number of aromatic amines is 1. The van der Waals surface area contributed by atoms with Crippen LogP contribution in [-0.2, 0) is 0 Å². The molecule has 3 rings (SSSR count). The number of hydrogen-bond acceptors (Lipinski definition) is 1. The molecule has 0 bridgehead atoms. The Morgan fingerprint density at radius 2 is 2.11 bits per heavy atom. The molecule has 2 aromatic rings. The van der Waals surface area contributed by atoms with Crippen LogP contribution in [0.3, 0.4) is 0 Å². The lowest BCUT2D eigenvalue weighted by molar-refractivity contribution is 0.455. The van der Waals surface area contributed by atoms with E-state index in [0.717, 1.165) is 13.1 Å². The highest BCUT2D eigenvalue weighted by Gasteiger charge is 2.21. The normalized spacial score (nSPS) is 20.5. The maximum Gasteiger partial charge on any atom is 0.0500 e. The van der Waals surface area contributed by atoms with Crippen LogP contribution >= 0.6 is 15.9 Å². The van der Waals surface area contributed by atoms with E-state index < -0.39 is 0 Å². The smallest absolute Gasteiger partial charge is 0.0500 e. The SMILES string of the molecule is Cc1ccc2c(Br)c(C3CCCNC3)[nH]c2c1C. The number of fused-ring (bicyclic) bond motifs is 1. The van der Waals surface area contributed by atoms with E-state index in [9.17, 15) is 0 Å². The van der Waals surface area contributed by atoms with Crippen molar-refractivity contribution in [2.45, 2.75) is 32.6 Å². The summed E-state index contributed by atoms with van der Waals surface area (Å²) in [5.41, 5.74) is 5.38. The quantitative estimate of drug-likeness (QED) is 0.818. The maximum absolute atomic E-state index is 3.79. The van der Waals surface area contributed by atoms with Crippen molar-refractivity contribution in [2.24, 2.45) is 0 Å². The molecular weight excluding hydrogens is 288 g/mol. The van der Waals surface area contributed by atoms with Crippen molar-refractivity contribution in [1.82, 2.24) is 10.3 Å². The summed E-state index contributed by atoms with van der Waals surface area (Å²) in [7, 11) is 0. The maximum atomic E-state index is 3.79. The Kier molecular flexibility index (Phi) is 3.20. The predicted molar refractivity (Wildman–Crippen MR) is 80.3 cm³/mol. The number of nitrogens with one attached hydrogen (secondary N) is 2. The number of aromatic nitrogens is 1. The first-order valence-electron chi connectivity index (χ1n) is 6.66. The Labute approximate surface area is 116 Å². The van der Waals surface area contributed by atoms with Crippen LogP contribution in [0, 0.1) is 13.8 Å². The van der Waals surface area contributed by atoms with Gasteiger partial charge in [0.05, 0.1) is 0 Å². The fourth-order valence-electron chi connectivity index (χ4n) is 2.87. The Balaban J connectivity index is 2.13. The molecule has 2 N–H and O–H groups in total. The molecule has 1 aliphatic rings. The first-order valence-corrected chi connectivity index (χ1v) is 7.45. The molecule has 1 aromatic carbocycles. The number of hydrogen-bond donors (Lipinski definition) is 2. The zero-order chi connectivity index (χ0) is 12.7. The van der Waals surface area contributed by atoms with Crippen molar-refractivity contribution in [1.29, 1.82) is 0 Å². The van der Waals surface area contributed by atoms with Crippen molar-refractivity contribution in [3.05, 3.63) is 33.4 Å². The first kappa shape index (κ1) is 12.2. The van der Waals surface area contributed by atoms with Gasteiger partial charge in [0.1, 0.15) is 0 Å². The third kappa shape index (κ3) is 1.90. The van der Waals surface area contributed by atoms with Gasteiger partial charge in [-0.15, -0.1) is 0 Å². The van der Waals surface area contributed by atoms with Crippen molar-refractivity contribution in [3.8, 4) is 0 Å². The standard InChI is InChI=1S/C15H19BrN2/c1-9-5-6-12-13(16)15(18-14(12)10(9)2)11-4-3-7-17-8-11/h5-6,11,17-18H,3-4,7-8H2,1-2H3. The molecule has 18 heavy (non-hydrogen) atoms. The van der Waals surface area contributed by atoms with E-state index in [2.05, 4.69) is 52.2 Å². The van der Waals surface area contributed by atoms with Crippen molar-refractivity contribution in [2.75, 3.05) is 13.1 Å². The second-order valence-electron chi connectivity index (χ2n) is 5.33. The number of aryl methyl sites for hydroxylation is 2. The van der Waals surface area contributed by atoms with Gasteiger partial charge in [-0.1, -0.05) is 12.1 Å². The van der Waals surface area contributed by atoms with E-state index in [1.807, 2.05) is 0 Å². The molecule has 0 amide bonds. The van der Waals surface area contributed by atoms with Crippen LogP contribution in [0.5, 0.6) is 0 Å². The minimum atomic E-state index is 0.611. The van der Waals surface area contributed by atoms with Crippen LogP contribution < -0.4 is 5.32 Å². The van der Waals surface area contributed by atoms with E-state index in [0.29, 0.717) is 5.92 Å². The highest BCUT2D eigenvalue weighted by atomic mass is 79.9. The Morgan fingerprint density at radius 1 is 1.28 bits per heavy atom. The zero-order valence-electron chi connectivity index (χ0n) is 10.9. The van der Waals surface area contributed by atoms with Crippen LogP contribution in [0.4, 0.5) is 0 Å². The van der Waals surface area contributed by atoms with E-state index >= 15 is 0 Å². The highest BCUT2D eigenvalue weighted by molar-refractivity contribution is 9.10. The number of halogens is 1. The molecule has 1 saturated heterocycles. The van der Waals surface area contributed by atoms with Gasteiger partial charge in [-0.2, -0.15) is 0 Å². The summed E-state index contributed by atoms with van der Waals surface area (Å²) in [4.78, 5) is 3.66. The largest absolute Gasteiger partial charge is 0.357 e. The monoisotopic (exact) mass is 306 g/mol. The second kappa shape index (κ2) is 4.71. The molecule has 1 aliphatic heterocycles. The lowest BCUT2D eigenvalue weighted by atomic mass is 9.96. The van der Waals surface area contributed by atoms with Gasteiger partial charge < -0.3 is 10.3 Å². The molecule has 2 heterocycles. The van der Waals surface area contributed by atoms with E-state index in [1.54, 1.807) is 0 Å². The summed E-state index contributed by atoms with van der Waals surface area (Å²) in [5.74, 6) is 0.611. The molecule has 0 radical (unpaired) electrons. The molecule has 2 nitrogen and oxygen atoms in total. The molecule has 1 aromatic heterocycles. The minimum Gasteiger partial charge on any atom is -0.357 e. The molecule has 0 saturated carbocycles. The average Bonchev–Trinajstić information content (AvgIpc) is 2.73. The fraction of sp³-hybridized carbons (Fsp3) is 0.467. The van der Waals surface area contributed by atoms with Crippen molar-refractivity contribution < 1.29 is 0 Å². The summed E-state index contributed by atoms with van der Waals surface area (Å²) in [6, 6.07) is 4.43. The van der Waals surface area contributed by atoms with Gasteiger partial charge in [-0.05, 0) is 60.3 Å². The van der Waals surface area contributed by atoms with E-state index in [4.69, 9.17) is 0 Å². The molecular formula is C15H19BrN2. The molecule has 1 atom stereocenters. The van der Waals surface area contributed by atoms with Gasteiger partial charge in [0.15, 0.2) is 0 Å². The fourth-order valence-corrected chi connectivity index (χ4v) is 3.63. The van der Waals surface area contributed by atoms with Crippen LogP contribution in [0.25, 0.3) is 10.9 Å². The lowest BCUT2D eigenvalue weighted by Crippen LogP contribution is -2.28. The molecule has 0 aliphatic carbocycles. The Morgan fingerprint density at radius 3 is 2.83 bits per heavy atom. The summed E-state index contributed by atoms with van der Waals surface area (Å²) < 4.78 is 1.26. The Hall–Kier alpha value is -0.800. The summed E-state index contributed by atoms with van der Waals surface area (Å²) in [5, 5.41) is 4.81. The van der Waals surface area contributed by atoms with E-state index in [-0.39, 0.29) is 0 Å². The second-order valence-corrected chi connectivity index (χ2v) is 6.12. The molecule has 3 heteroatoms. The first-order chi connectivity index (χ1) is 8.68. The highest BCUT2D eigenvalue weighted by Crippen LogP contribution is 2.36. The summed E-state index contributed by atoms with van der Waals surface area (Å²) in [6.07, 6.45) is 2.54. The number of piperidine rings is 1. The van der Waals surface area contributed by atoms with Crippen molar-refractivity contribution in [3.63, 3.8) is 0 Å². The average molecular weight is 307 g/mol. The third-order valence-corrected chi connectivity index (χ3v) is 5.03. The van der Waals surface area contributed by atoms with Gasteiger partial charge in [0.25, 0.3) is 0 Å². The molecule has 1 unspecified atom stereocenters. The lowest BCUT2D eigenvalue weighted by Gasteiger charge is -2.22. The van der Waals surface area contributed by atoms with Crippen LogP contribution in [0.2, 0.25) is 0 Å². The summed E-state index contributed by atoms with van der Waals surface area (Å²) in [6.45, 7) is 6.62. The summed E-state index contributed by atoms with van der Waals surface area (Å²) >= 11 is 3.79. The van der Waals surface area contributed by atoms with Gasteiger partial charge in [0.2, 0.25) is 0 Å². The van der Waals surface area contributed by atoms with Gasteiger partial charge in [0, 0.05) is 33.5 Å². The van der Waals surface area contributed by atoms with Gasteiger partial charge in [-0.25, -0.2) is 0 Å².